The van der Waals surface area contributed by atoms with Crippen LogP contribution in [0.5, 0.6) is 0 Å². The van der Waals surface area contributed by atoms with Crippen LogP contribution in [-0.2, 0) is 9.53 Å². The Bertz CT molecular complexity index is 454. The Morgan fingerprint density at radius 1 is 1.33 bits per heavy atom. The van der Waals surface area contributed by atoms with Crippen LogP contribution in [0.4, 0.5) is 0 Å². The van der Waals surface area contributed by atoms with Crippen LogP contribution in [0.2, 0.25) is 0 Å². The first-order valence-electron chi connectivity index (χ1n) is 5.89. The van der Waals surface area contributed by atoms with E-state index in [1.165, 1.54) is 7.11 Å². The van der Waals surface area contributed by atoms with Gasteiger partial charge in [0, 0.05) is 12.0 Å². The predicted octanol–water partition coefficient (Wildman–Crippen LogP) is 1.77. The van der Waals surface area contributed by atoms with Crippen molar-refractivity contribution in [3.8, 4) is 0 Å². The molecule has 1 aromatic carbocycles. The molecule has 4 heteroatoms. The number of rotatable bonds is 5. The Balaban J connectivity index is 2.71. The number of Topliss-reactive ketones (excluding diaryl/α,β-unsaturated/α-hetero) is 1. The third-order valence-electron chi connectivity index (χ3n) is 2.87. The summed E-state index contributed by atoms with van der Waals surface area (Å²) in [6.45, 7) is 3.85. The van der Waals surface area contributed by atoms with Gasteiger partial charge in [-0.15, -0.1) is 0 Å². The Labute approximate surface area is 107 Å². The Morgan fingerprint density at radius 2 is 2.00 bits per heavy atom. The van der Waals surface area contributed by atoms with Crippen molar-refractivity contribution in [2.75, 3.05) is 7.11 Å². The first kappa shape index (κ1) is 14.4. The SMILES string of the molecule is COC(=O)CCC(N)C(=O)c1ccc(C)cc1C. The fourth-order valence-electron chi connectivity index (χ4n) is 1.80. The normalized spacial score (nSPS) is 12.0. The van der Waals surface area contributed by atoms with Gasteiger partial charge in [0.1, 0.15) is 0 Å². The van der Waals surface area contributed by atoms with Crippen molar-refractivity contribution < 1.29 is 14.3 Å². The van der Waals surface area contributed by atoms with Gasteiger partial charge in [0.2, 0.25) is 0 Å². The highest BCUT2D eigenvalue weighted by molar-refractivity contribution is 6.01. The second-order valence-electron chi connectivity index (χ2n) is 4.40. The molecule has 1 atom stereocenters. The molecule has 0 saturated carbocycles. The summed E-state index contributed by atoms with van der Waals surface area (Å²) in [5.74, 6) is -0.477. The van der Waals surface area contributed by atoms with E-state index >= 15 is 0 Å². The van der Waals surface area contributed by atoms with Crippen LogP contribution in [0, 0.1) is 13.8 Å². The largest absolute Gasteiger partial charge is 0.469 e. The molecular weight excluding hydrogens is 230 g/mol. The monoisotopic (exact) mass is 249 g/mol. The molecule has 18 heavy (non-hydrogen) atoms. The molecule has 2 N–H and O–H groups in total. The van der Waals surface area contributed by atoms with Crippen LogP contribution >= 0.6 is 0 Å². The van der Waals surface area contributed by atoms with Crippen LogP contribution in [-0.4, -0.2) is 24.9 Å². The Hall–Kier alpha value is -1.68. The van der Waals surface area contributed by atoms with Gasteiger partial charge in [-0.25, -0.2) is 0 Å². The second-order valence-corrected chi connectivity index (χ2v) is 4.40. The number of carbonyl (C=O) groups is 2. The number of aryl methyl sites for hydroxylation is 2. The molecule has 4 nitrogen and oxygen atoms in total. The molecule has 1 unspecified atom stereocenters. The van der Waals surface area contributed by atoms with Crippen molar-refractivity contribution in [1.82, 2.24) is 0 Å². The second kappa shape index (κ2) is 6.31. The quantitative estimate of drug-likeness (QED) is 0.637. The van der Waals surface area contributed by atoms with Crippen molar-refractivity contribution in [2.45, 2.75) is 32.7 Å². The van der Waals surface area contributed by atoms with Crippen LogP contribution in [0.25, 0.3) is 0 Å². The lowest BCUT2D eigenvalue weighted by Gasteiger charge is -2.12. The van der Waals surface area contributed by atoms with Crippen molar-refractivity contribution in [3.63, 3.8) is 0 Å². The zero-order valence-corrected chi connectivity index (χ0v) is 11.0. The summed E-state index contributed by atoms with van der Waals surface area (Å²) in [7, 11) is 1.32. The maximum atomic E-state index is 12.1. The summed E-state index contributed by atoms with van der Waals surface area (Å²) in [6.07, 6.45) is 0.465. The number of nitrogens with two attached hydrogens (primary N) is 1. The molecule has 0 fully saturated rings. The highest BCUT2D eigenvalue weighted by atomic mass is 16.5. The maximum Gasteiger partial charge on any atom is 0.305 e. The molecule has 0 spiro atoms. The summed E-state index contributed by atoms with van der Waals surface area (Å²) in [6, 6.07) is 4.95. The zero-order chi connectivity index (χ0) is 13.7. The van der Waals surface area contributed by atoms with Crippen molar-refractivity contribution in [1.29, 1.82) is 0 Å². The van der Waals surface area contributed by atoms with Crippen LogP contribution in [0.3, 0.4) is 0 Å². The number of hydrogen-bond acceptors (Lipinski definition) is 4. The molecule has 1 rings (SSSR count). The van der Waals surface area contributed by atoms with Gasteiger partial charge in [-0.05, 0) is 25.8 Å². The summed E-state index contributed by atoms with van der Waals surface area (Å²) >= 11 is 0. The topological polar surface area (TPSA) is 69.4 Å². The lowest BCUT2D eigenvalue weighted by molar-refractivity contribution is -0.140. The lowest BCUT2D eigenvalue weighted by atomic mass is 9.96. The molecule has 1 aromatic rings. The molecule has 0 aliphatic carbocycles. The van der Waals surface area contributed by atoms with E-state index in [1.54, 1.807) is 6.07 Å². The van der Waals surface area contributed by atoms with Gasteiger partial charge in [0.25, 0.3) is 0 Å². The van der Waals surface area contributed by atoms with E-state index in [4.69, 9.17) is 5.73 Å². The van der Waals surface area contributed by atoms with Crippen LogP contribution in [0.1, 0.15) is 34.3 Å². The van der Waals surface area contributed by atoms with Gasteiger partial charge in [-0.2, -0.15) is 0 Å². The highest BCUT2D eigenvalue weighted by Gasteiger charge is 2.18. The molecule has 98 valence electrons. The third kappa shape index (κ3) is 3.67. The van der Waals surface area contributed by atoms with Gasteiger partial charge in [-0.3, -0.25) is 9.59 Å². The van der Waals surface area contributed by atoms with Crippen molar-refractivity contribution in [2.24, 2.45) is 5.73 Å². The number of ketones is 1. The first-order valence-corrected chi connectivity index (χ1v) is 5.89. The molecule has 0 saturated heterocycles. The first-order chi connectivity index (χ1) is 8.45. The van der Waals surface area contributed by atoms with Gasteiger partial charge in [0.15, 0.2) is 5.78 Å². The molecule has 0 aromatic heterocycles. The summed E-state index contributed by atoms with van der Waals surface area (Å²) < 4.78 is 4.52. The van der Waals surface area contributed by atoms with Gasteiger partial charge in [-0.1, -0.05) is 23.8 Å². The molecule has 0 heterocycles. The molecular formula is C14H19NO3. The summed E-state index contributed by atoms with van der Waals surface area (Å²) in [5, 5.41) is 0. The number of ether oxygens (including phenoxy) is 1. The molecule has 0 aliphatic rings. The standard InChI is InChI=1S/C14H19NO3/c1-9-4-5-11(10(2)8-9)14(17)12(15)6-7-13(16)18-3/h4-5,8,12H,6-7,15H2,1-3H3. The highest BCUT2D eigenvalue weighted by Crippen LogP contribution is 2.14. The van der Waals surface area contributed by atoms with E-state index in [2.05, 4.69) is 4.74 Å². The molecule has 0 aliphatic heterocycles. The fourth-order valence-corrected chi connectivity index (χ4v) is 1.80. The van der Waals surface area contributed by atoms with Crippen molar-refractivity contribution >= 4 is 11.8 Å². The van der Waals surface area contributed by atoms with E-state index < -0.39 is 6.04 Å². The van der Waals surface area contributed by atoms with Gasteiger partial charge < -0.3 is 10.5 Å². The van der Waals surface area contributed by atoms with E-state index in [0.717, 1.165) is 11.1 Å². The third-order valence-corrected chi connectivity index (χ3v) is 2.87. The molecule has 0 radical (unpaired) electrons. The van der Waals surface area contributed by atoms with E-state index in [1.807, 2.05) is 26.0 Å². The minimum Gasteiger partial charge on any atom is -0.469 e. The van der Waals surface area contributed by atoms with Crippen molar-refractivity contribution in [3.05, 3.63) is 34.9 Å². The zero-order valence-electron chi connectivity index (χ0n) is 11.0. The minimum atomic E-state index is -0.662. The number of methoxy groups -OCH3 is 1. The van der Waals surface area contributed by atoms with Gasteiger partial charge >= 0.3 is 5.97 Å². The van der Waals surface area contributed by atoms with Crippen LogP contribution < -0.4 is 5.73 Å². The minimum absolute atomic E-state index is 0.128. The van der Waals surface area contributed by atoms with E-state index in [0.29, 0.717) is 12.0 Å². The molecule has 0 bridgehead atoms. The molecule has 0 amide bonds. The fraction of sp³-hybridized carbons (Fsp3) is 0.429. The maximum absolute atomic E-state index is 12.1. The lowest BCUT2D eigenvalue weighted by Crippen LogP contribution is -2.31. The number of esters is 1. The number of benzene rings is 1. The van der Waals surface area contributed by atoms with E-state index in [9.17, 15) is 9.59 Å². The number of carbonyl (C=O) groups excluding carboxylic acids is 2. The Morgan fingerprint density at radius 3 is 2.56 bits per heavy atom. The van der Waals surface area contributed by atoms with Gasteiger partial charge in [0.05, 0.1) is 13.2 Å². The number of hydrogen-bond donors (Lipinski definition) is 1. The summed E-state index contributed by atoms with van der Waals surface area (Å²) in [5.41, 5.74) is 8.44. The average molecular weight is 249 g/mol. The van der Waals surface area contributed by atoms with Crippen LogP contribution in [0.15, 0.2) is 18.2 Å². The summed E-state index contributed by atoms with van der Waals surface area (Å²) in [4.78, 5) is 23.1. The predicted molar refractivity (Wildman–Crippen MR) is 69.5 cm³/mol. The average Bonchev–Trinajstić information content (AvgIpc) is 2.34. The van der Waals surface area contributed by atoms with E-state index in [-0.39, 0.29) is 18.2 Å². The Kier molecular flexibility index (Phi) is 5.04. The smallest absolute Gasteiger partial charge is 0.305 e.